The number of aliphatic hydroxyl groups excluding tert-OH is 2. The molecule has 0 aromatic carbocycles. The van der Waals surface area contributed by atoms with Gasteiger partial charge in [-0.25, -0.2) is 0 Å². The van der Waals surface area contributed by atoms with Gasteiger partial charge >= 0.3 is 0 Å². The van der Waals surface area contributed by atoms with Crippen molar-refractivity contribution in [2.45, 2.75) is 293 Å². The third-order valence-corrected chi connectivity index (χ3v) is 21.6. The van der Waals surface area contributed by atoms with Crippen molar-refractivity contribution in [3.63, 3.8) is 0 Å². The van der Waals surface area contributed by atoms with Crippen LogP contribution in [0.2, 0.25) is 0 Å². The maximum Gasteiger partial charge on any atom is 0.161 e. The minimum absolute atomic E-state index is 0.0122. The summed E-state index contributed by atoms with van der Waals surface area (Å²) < 4.78 is 94.9. The lowest BCUT2D eigenvalue weighted by molar-refractivity contribution is -0.369. The van der Waals surface area contributed by atoms with Crippen molar-refractivity contribution in [2.75, 3.05) is 13.2 Å². The van der Waals surface area contributed by atoms with Crippen molar-refractivity contribution < 1.29 is 76.5 Å². The molecule has 8 aliphatic rings. The molecular weight excluding hydrogens is 989 g/mol. The lowest BCUT2D eigenvalue weighted by Gasteiger charge is -2.52. The van der Waals surface area contributed by atoms with Crippen LogP contribution in [0.5, 0.6) is 0 Å². The van der Waals surface area contributed by atoms with E-state index in [0.717, 1.165) is 32.1 Å². The Kier molecular flexibility index (Phi) is 21.5. The summed E-state index contributed by atoms with van der Waals surface area (Å²) >= 11 is 0. The summed E-state index contributed by atoms with van der Waals surface area (Å²) in [6, 6.07) is 0. The standard InChI is InChI=1S/C61H108O16/c1-20-41-49(72-56-34(13)27(6)48(63)46(25-62)70-56)29(8)36(15)57(65-41)73-50-30(9)37(16)58(66-42(50)21-2)74-51-31(10)38(17)59(67-43(51)22-3)75-52-32(11)39(18)60(68-44(52)23-4)76-53-33(12)40(19)61(69-45(53)24-5)77-54-28(7)35(14)55-64-26-47(54)71-55/h27-63H,20-26H2,1-19H3/t27-,28?,29?,30?,31?,32?,33?,34?,35?,36+,37?,38?,39+,40+,41?,42+,43+,44?,45?,46?,47+,48+,49+,50+,51+,52+,53+,54+,55-,56+,57+,58-,59+,60+,61+/m1/s1. The lowest BCUT2D eigenvalue weighted by Crippen LogP contribution is -2.60. The molecule has 8 fully saturated rings. The minimum Gasteiger partial charge on any atom is -0.394 e. The first-order valence-corrected chi connectivity index (χ1v) is 31.0. The monoisotopic (exact) mass is 1100 g/mol. The fraction of sp³-hybridized carbons (Fsp3) is 1.00. The molecule has 0 amide bonds. The molecule has 0 spiro atoms. The van der Waals surface area contributed by atoms with Gasteiger partial charge in [-0.3, -0.25) is 0 Å². The van der Waals surface area contributed by atoms with Crippen molar-refractivity contribution in [1.29, 1.82) is 0 Å². The van der Waals surface area contributed by atoms with E-state index >= 15 is 0 Å². The van der Waals surface area contributed by atoms with Crippen LogP contribution in [0.25, 0.3) is 0 Å². The van der Waals surface area contributed by atoms with Crippen LogP contribution in [-0.2, 0) is 66.3 Å². The first kappa shape index (κ1) is 62.4. The average Bonchev–Trinajstić information content (AvgIpc) is 3.94. The van der Waals surface area contributed by atoms with Crippen molar-refractivity contribution >= 4 is 0 Å². The highest BCUT2D eigenvalue weighted by atomic mass is 16.8. The van der Waals surface area contributed by atoms with E-state index in [4.69, 9.17) is 66.3 Å². The highest BCUT2D eigenvalue weighted by Gasteiger charge is 2.55. The van der Waals surface area contributed by atoms with E-state index < -0.39 is 43.7 Å². The number of aliphatic hydroxyl groups is 2. The number of ether oxygens (including phenoxy) is 14. The number of rotatable bonds is 18. The lowest BCUT2D eigenvalue weighted by atomic mass is 9.80. The van der Waals surface area contributed by atoms with Gasteiger partial charge in [0.15, 0.2) is 44.0 Å². The van der Waals surface area contributed by atoms with Crippen molar-refractivity contribution in [3.8, 4) is 0 Å². The Morgan fingerprint density at radius 3 is 0.831 bits per heavy atom. The van der Waals surface area contributed by atoms with Crippen LogP contribution >= 0.6 is 0 Å². The first-order chi connectivity index (χ1) is 36.6. The summed E-state index contributed by atoms with van der Waals surface area (Å²) in [7, 11) is 0. The van der Waals surface area contributed by atoms with Gasteiger partial charge in [-0.1, -0.05) is 132 Å². The molecule has 77 heavy (non-hydrogen) atoms. The molecule has 0 saturated carbocycles. The zero-order valence-corrected chi connectivity index (χ0v) is 50.8. The number of hydrogen-bond acceptors (Lipinski definition) is 16. The van der Waals surface area contributed by atoms with Gasteiger partial charge < -0.3 is 76.5 Å². The van der Waals surface area contributed by atoms with Crippen molar-refractivity contribution in [1.82, 2.24) is 0 Å². The Morgan fingerprint density at radius 2 is 0.558 bits per heavy atom. The fourth-order valence-electron chi connectivity index (χ4n) is 14.3. The van der Waals surface area contributed by atoms with Crippen LogP contribution in [0.1, 0.15) is 164 Å². The molecule has 8 rings (SSSR count). The molecule has 8 saturated heterocycles. The van der Waals surface area contributed by atoms with E-state index in [0.29, 0.717) is 12.5 Å². The molecule has 2 N–H and O–H groups in total. The molecule has 35 atom stereocenters. The van der Waals surface area contributed by atoms with Gasteiger partial charge in [0.2, 0.25) is 0 Å². The summed E-state index contributed by atoms with van der Waals surface area (Å²) in [6.07, 6.45) is -2.55. The molecule has 0 aromatic rings. The summed E-state index contributed by atoms with van der Waals surface area (Å²) in [5.41, 5.74) is 0. The van der Waals surface area contributed by atoms with E-state index in [1.807, 2.05) is 13.8 Å². The Balaban J connectivity index is 0.859. The smallest absolute Gasteiger partial charge is 0.161 e. The molecule has 8 aliphatic heterocycles. The Hall–Kier alpha value is -0.640. The molecular formula is C61H108O16. The second-order valence-electron chi connectivity index (χ2n) is 26.0. The van der Waals surface area contributed by atoms with Gasteiger partial charge in [-0.2, -0.15) is 0 Å². The fourth-order valence-corrected chi connectivity index (χ4v) is 14.3. The molecule has 2 bridgehead atoms. The zero-order valence-electron chi connectivity index (χ0n) is 50.8. The Bertz CT molecular complexity index is 1800. The van der Waals surface area contributed by atoms with Gasteiger partial charge in [0.1, 0.15) is 12.2 Å². The highest BCUT2D eigenvalue weighted by molar-refractivity contribution is 4.97. The van der Waals surface area contributed by atoms with Gasteiger partial charge in [-0.15, -0.1) is 0 Å². The molecule has 14 unspecified atom stereocenters. The van der Waals surface area contributed by atoms with Crippen LogP contribution in [0.4, 0.5) is 0 Å². The minimum atomic E-state index is -0.749. The van der Waals surface area contributed by atoms with Gasteiger partial charge in [0.25, 0.3) is 0 Å². The molecule has 448 valence electrons. The summed E-state index contributed by atoms with van der Waals surface area (Å²) in [5, 5.41) is 20.7. The summed E-state index contributed by atoms with van der Waals surface area (Å²) in [4.78, 5) is 0. The van der Waals surface area contributed by atoms with Gasteiger partial charge in [0.05, 0.1) is 86.5 Å². The van der Waals surface area contributed by atoms with E-state index in [1.165, 1.54) is 0 Å². The summed E-state index contributed by atoms with van der Waals surface area (Å²) in [5.74, 6) is 1.22. The van der Waals surface area contributed by atoms with Crippen LogP contribution in [0, 0.1) is 82.9 Å². The Labute approximate surface area is 464 Å². The van der Waals surface area contributed by atoms with E-state index in [-0.39, 0.29) is 169 Å². The van der Waals surface area contributed by atoms with E-state index in [2.05, 4.69) is 118 Å². The normalized spacial score (nSPS) is 54.6. The van der Waals surface area contributed by atoms with Crippen LogP contribution in [0.3, 0.4) is 0 Å². The number of fused-ring (bicyclic) bond motifs is 2. The maximum absolute atomic E-state index is 10.7. The molecule has 0 radical (unpaired) electrons. The first-order valence-electron chi connectivity index (χ1n) is 31.0. The maximum atomic E-state index is 10.7. The molecule has 0 aliphatic carbocycles. The van der Waals surface area contributed by atoms with E-state index in [9.17, 15) is 10.2 Å². The second-order valence-corrected chi connectivity index (χ2v) is 26.0. The SMILES string of the molecule is CCC1O[C@@H](O[C@@H]2C(CC)O[C@@H](O[C@H]3C(C)C(C)[C@@H]4OC[C@@H]3O4)[C@@H](C)C2C)[C@@H](C)C(C)[C@@H]1O[C@@H]1O[C@@H](CC)[C@@H](O[C@H]2O[C@@H](CC)[C@@H](O[C@@H]3OC(CC)[C@@H](O[C@@H]4OC(CO)[C@@H](O)[C@H](C)C4C)C(C)[C@@H]3C)C(C)C2C)C(C)C1C. The quantitative estimate of drug-likeness (QED) is 0.133. The van der Waals surface area contributed by atoms with Crippen molar-refractivity contribution in [3.05, 3.63) is 0 Å². The van der Waals surface area contributed by atoms with Gasteiger partial charge in [0, 0.05) is 41.4 Å². The highest BCUT2D eigenvalue weighted by Crippen LogP contribution is 2.47. The van der Waals surface area contributed by atoms with Crippen LogP contribution in [-0.4, -0.2) is 153 Å². The topological polar surface area (TPSA) is 170 Å². The predicted octanol–water partition coefficient (Wildman–Crippen LogP) is 9.71. The third kappa shape index (κ3) is 12.5. The van der Waals surface area contributed by atoms with Gasteiger partial charge in [-0.05, 0) is 73.5 Å². The van der Waals surface area contributed by atoms with Crippen molar-refractivity contribution in [2.24, 2.45) is 82.9 Å². The molecule has 0 aromatic heterocycles. The third-order valence-electron chi connectivity index (χ3n) is 21.6. The molecule has 8 heterocycles. The zero-order chi connectivity index (χ0) is 56.1. The number of hydrogen-bond donors (Lipinski definition) is 2. The Morgan fingerprint density at radius 1 is 0.312 bits per heavy atom. The second kappa shape index (κ2) is 26.5. The average molecular weight is 1100 g/mol. The summed E-state index contributed by atoms with van der Waals surface area (Å²) in [6.45, 7) is 41.9. The molecule has 16 heteroatoms. The van der Waals surface area contributed by atoms with Crippen LogP contribution < -0.4 is 0 Å². The largest absolute Gasteiger partial charge is 0.394 e. The molecule has 16 nitrogen and oxygen atoms in total. The van der Waals surface area contributed by atoms with E-state index in [1.54, 1.807) is 0 Å². The van der Waals surface area contributed by atoms with Crippen LogP contribution in [0.15, 0.2) is 0 Å². The predicted molar refractivity (Wildman–Crippen MR) is 289 cm³/mol.